The summed E-state index contributed by atoms with van der Waals surface area (Å²) in [6.07, 6.45) is 0.151. The van der Waals surface area contributed by atoms with Crippen LogP contribution in [0, 0.1) is 13.8 Å². The van der Waals surface area contributed by atoms with Gasteiger partial charge in [0, 0.05) is 5.69 Å². The van der Waals surface area contributed by atoms with Crippen molar-refractivity contribution in [2.24, 2.45) is 0 Å². The lowest BCUT2D eigenvalue weighted by molar-refractivity contribution is -0.121. The number of imide groups is 1. The lowest BCUT2D eigenvalue weighted by atomic mass is 10.1. The molecule has 2 amide bonds. The first kappa shape index (κ1) is 16.1. The molecule has 1 heterocycles. The van der Waals surface area contributed by atoms with Crippen LogP contribution in [0.4, 0.5) is 11.4 Å². The van der Waals surface area contributed by atoms with Gasteiger partial charge in [-0.2, -0.15) is 0 Å². The fourth-order valence-corrected chi connectivity index (χ4v) is 2.98. The van der Waals surface area contributed by atoms with Crippen molar-refractivity contribution in [3.8, 4) is 5.75 Å². The Labute approximate surface area is 141 Å². The quantitative estimate of drug-likeness (QED) is 0.878. The monoisotopic (exact) mass is 324 g/mol. The highest BCUT2D eigenvalue weighted by Gasteiger charge is 2.39. The Balaban J connectivity index is 1.80. The molecule has 124 valence electrons. The summed E-state index contributed by atoms with van der Waals surface area (Å²) >= 11 is 0. The predicted octanol–water partition coefficient (Wildman–Crippen LogP) is 3.06. The van der Waals surface area contributed by atoms with Gasteiger partial charge in [0.1, 0.15) is 11.8 Å². The summed E-state index contributed by atoms with van der Waals surface area (Å²) in [5.41, 5.74) is 3.47. The second-order valence-corrected chi connectivity index (χ2v) is 6.04. The number of anilines is 2. The Morgan fingerprint density at radius 1 is 1.04 bits per heavy atom. The summed E-state index contributed by atoms with van der Waals surface area (Å²) in [4.78, 5) is 26.3. The largest absolute Gasteiger partial charge is 0.497 e. The molecule has 1 saturated heterocycles. The maximum Gasteiger partial charge on any atom is 0.256 e. The minimum atomic E-state index is -0.549. The van der Waals surface area contributed by atoms with Crippen LogP contribution in [0.2, 0.25) is 0 Å². The van der Waals surface area contributed by atoms with Crippen LogP contribution in [0.25, 0.3) is 0 Å². The van der Waals surface area contributed by atoms with Crippen molar-refractivity contribution in [3.05, 3.63) is 53.6 Å². The van der Waals surface area contributed by atoms with E-state index in [-0.39, 0.29) is 18.2 Å². The molecule has 5 heteroatoms. The number of ether oxygens (including phenoxy) is 1. The van der Waals surface area contributed by atoms with E-state index >= 15 is 0 Å². The van der Waals surface area contributed by atoms with Crippen molar-refractivity contribution in [1.29, 1.82) is 0 Å². The Hall–Kier alpha value is -2.82. The highest BCUT2D eigenvalue weighted by atomic mass is 16.5. The number of benzene rings is 2. The van der Waals surface area contributed by atoms with E-state index in [2.05, 4.69) is 5.32 Å². The van der Waals surface area contributed by atoms with Gasteiger partial charge < -0.3 is 10.1 Å². The van der Waals surface area contributed by atoms with Gasteiger partial charge in [0.25, 0.3) is 5.91 Å². The molecule has 1 aliphatic rings. The Morgan fingerprint density at radius 2 is 1.67 bits per heavy atom. The summed E-state index contributed by atoms with van der Waals surface area (Å²) in [5.74, 6) is 0.336. The van der Waals surface area contributed by atoms with Crippen molar-refractivity contribution in [2.75, 3.05) is 17.3 Å². The van der Waals surface area contributed by atoms with Gasteiger partial charge in [0.05, 0.1) is 19.2 Å². The summed E-state index contributed by atoms with van der Waals surface area (Å²) in [5, 5.41) is 3.13. The van der Waals surface area contributed by atoms with Crippen LogP contribution in [0.1, 0.15) is 17.5 Å². The van der Waals surface area contributed by atoms with E-state index < -0.39 is 6.04 Å². The zero-order valence-corrected chi connectivity index (χ0v) is 14.0. The van der Waals surface area contributed by atoms with Crippen LogP contribution in [0.15, 0.2) is 42.5 Å². The van der Waals surface area contributed by atoms with Crippen molar-refractivity contribution in [1.82, 2.24) is 0 Å². The van der Waals surface area contributed by atoms with E-state index in [9.17, 15) is 9.59 Å². The predicted molar refractivity (Wildman–Crippen MR) is 93.4 cm³/mol. The average molecular weight is 324 g/mol. The molecule has 1 N–H and O–H groups in total. The SMILES string of the molecule is COc1ccc(NC2CC(=O)N(c3cc(C)cc(C)c3)C2=O)cc1. The molecular weight excluding hydrogens is 304 g/mol. The van der Waals surface area contributed by atoms with Gasteiger partial charge in [-0.05, 0) is 61.4 Å². The smallest absolute Gasteiger partial charge is 0.256 e. The summed E-state index contributed by atoms with van der Waals surface area (Å²) in [6, 6.07) is 12.5. The fourth-order valence-electron chi connectivity index (χ4n) is 2.98. The summed E-state index contributed by atoms with van der Waals surface area (Å²) < 4.78 is 5.12. The van der Waals surface area contributed by atoms with Gasteiger partial charge >= 0.3 is 0 Å². The molecule has 1 aliphatic heterocycles. The molecule has 3 rings (SSSR count). The number of hydrogen-bond donors (Lipinski definition) is 1. The highest BCUT2D eigenvalue weighted by Crippen LogP contribution is 2.27. The summed E-state index contributed by atoms with van der Waals surface area (Å²) in [6.45, 7) is 3.91. The van der Waals surface area contributed by atoms with E-state index in [1.165, 1.54) is 4.90 Å². The first-order valence-corrected chi connectivity index (χ1v) is 7.83. The van der Waals surface area contributed by atoms with Gasteiger partial charge in [-0.25, -0.2) is 4.90 Å². The lowest BCUT2D eigenvalue weighted by Gasteiger charge is -2.17. The van der Waals surface area contributed by atoms with E-state index in [4.69, 9.17) is 4.74 Å². The number of amides is 2. The van der Waals surface area contributed by atoms with Crippen LogP contribution in [-0.4, -0.2) is 25.0 Å². The normalized spacial score (nSPS) is 17.3. The molecule has 0 saturated carbocycles. The second-order valence-electron chi connectivity index (χ2n) is 6.04. The van der Waals surface area contributed by atoms with Gasteiger partial charge in [-0.15, -0.1) is 0 Å². The van der Waals surface area contributed by atoms with E-state index in [0.29, 0.717) is 5.69 Å². The maximum atomic E-state index is 12.7. The third-order valence-corrected chi connectivity index (χ3v) is 4.04. The second kappa shape index (κ2) is 6.35. The number of rotatable bonds is 4. The van der Waals surface area contributed by atoms with Gasteiger partial charge in [-0.1, -0.05) is 6.07 Å². The van der Waals surface area contributed by atoms with Gasteiger partial charge in [0.15, 0.2) is 0 Å². The number of carbonyl (C=O) groups is 2. The van der Waals surface area contributed by atoms with Crippen LogP contribution < -0.4 is 15.0 Å². The molecule has 0 aliphatic carbocycles. The van der Waals surface area contributed by atoms with E-state index in [1.807, 2.05) is 56.3 Å². The average Bonchev–Trinajstić information content (AvgIpc) is 2.81. The molecule has 0 spiro atoms. The minimum absolute atomic E-state index is 0.151. The lowest BCUT2D eigenvalue weighted by Crippen LogP contribution is -2.34. The Morgan fingerprint density at radius 3 is 2.25 bits per heavy atom. The Kier molecular flexibility index (Phi) is 4.25. The minimum Gasteiger partial charge on any atom is -0.497 e. The molecule has 2 aromatic carbocycles. The topological polar surface area (TPSA) is 58.6 Å². The molecule has 2 aromatic rings. The molecule has 1 atom stereocenters. The maximum absolute atomic E-state index is 12.7. The first-order chi connectivity index (χ1) is 11.5. The summed E-state index contributed by atoms with van der Waals surface area (Å²) in [7, 11) is 1.60. The van der Waals surface area contributed by atoms with Crippen LogP contribution in [0.5, 0.6) is 5.75 Å². The molecule has 5 nitrogen and oxygen atoms in total. The molecule has 1 unspecified atom stereocenters. The Bertz CT molecular complexity index is 763. The third-order valence-electron chi connectivity index (χ3n) is 4.04. The molecule has 1 fully saturated rings. The molecule has 0 bridgehead atoms. The van der Waals surface area contributed by atoms with Crippen molar-refractivity contribution in [3.63, 3.8) is 0 Å². The zero-order chi connectivity index (χ0) is 17.3. The van der Waals surface area contributed by atoms with Crippen molar-refractivity contribution in [2.45, 2.75) is 26.3 Å². The van der Waals surface area contributed by atoms with Crippen LogP contribution >= 0.6 is 0 Å². The van der Waals surface area contributed by atoms with E-state index in [0.717, 1.165) is 22.6 Å². The standard InChI is InChI=1S/C19H20N2O3/c1-12-8-13(2)10-15(9-12)21-18(22)11-17(19(21)23)20-14-4-6-16(24-3)7-5-14/h4-10,17,20H,11H2,1-3H3. The number of methoxy groups -OCH3 is 1. The molecule has 0 aromatic heterocycles. The molecule has 0 radical (unpaired) electrons. The number of nitrogens with one attached hydrogen (secondary N) is 1. The third kappa shape index (κ3) is 3.11. The van der Waals surface area contributed by atoms with E-state index in [1.54, 1.807) is 7.11 Å². The van der Waals surface area contributed by atoms with Crippen LogP contribution in [0.3, 0.4) is 0 Å². The zero-order valence-electron chi connectivity index (χ0n) is 14.0. The van der Waals surface area contributed by atoms with Crippen LogP contribution in [-0.2, 0) is 9.59 Å². The first-order valence-electron chi connectivity index (χ1n) is 7.83. The van der Waals surface area contributed by atoms with Gasteiger partial charge in [-0.3, -0.25) is 9.59 Å². The molecular formula is C19H20N2O3. The number of hydrogen-bond acceptors (Lipinski definition) is 4. The highest BCUT2D eigenvalue weighted by molar-refractivity contribution is 6.23. The molecule has 24 heavy (non-hydrogen) atoms. The fraction of sp³-hybridized carbons (Fsp3) is 0.263. The number of aryl methyl sites for hydroxylation is 2. The van der Waals surface area contributed by atoms with Crippen molar-refractivity contribution >= 4 is 23.2 Å². The van der Waals surface area contributed by atoms with Crippen molar-refractivity contribution < 1.29 is 14.3 Å². The number of carbonyl (C=O) groups excluding carboxylic acids is 2. The van der Waals surface area contributed by atoms with Gasteiger partial charge in [0.2, 0.25) is 5.91 Å². The number of nitrogens with zero attached hydrogens (tertiary/aromatic N) is 1.